The van der Waals surface area contributed by atoms with Crippen LogP contribution in [0.1, 0.15) is 12.8 Å². The highest BCUT2D eigenvalue weighted by molar-refractivity contribution is 9.10. The summed E-state index contributed by atoms with van der Waals surface area (Å²) >= 11 is 3.33. The van der Waals surface area contributed by atoms with E-state index in [-0.39, 0.29) is 10.7 Å². The molecule has 3 aromatic rings. The smallest absolute Gasteiger partial charge is 0.324 e. The summed E-state index contributed by atoms with van der Waals surface area (Å²) in [6, 6.07) is 7.22. The standard InChI is InChI=1S/C19H17BrF2N4O3S/c20-11-6-7-15-12(10-11)17(30(28,29)26-8-1-2-9-26)18(23-15)25-19(27)24-16-13(21)4-3-5-14(16)22/h3-7,10,23H,1-2,8-9H2,(H2,24,25,27). The van der Waals surface area contributed by atoms with Crippen LogP contribution in [-0.2, 0) is 10.0 Å². The van der Waals surface area contributed by atoms with Crippen molar-refractivity contribution in [3.8, 4) is 0 Å². The van der Waals surface area contributed by atoms with Crippen molar-refractivity contribution in [2.24, 2.45) is 0 Å². The van der Waals surface area contributed by atoms with Crippen molar-refractivity contribution >= 4 is 54.4 Å². The van der Waals surface area contributed by atoms with Gasteiger partial charge in [0.1, 0.15) is 28.0 Å². The Hall–Kier alpha value is -2.50. The molecule has 30 heavy (non-hydrogen) atoms. The van der Waals surface area contributed by atoms with Crippen molar-refractivity contribution < 1.29 is 22.0 Å². The van der Waals surface area contributed by atoms with Crippen molar-refractivity contribution in [2.75, 3.05) is 23.7 Å². The number of halogens is 3. The number of benzene rings is 2. The third-order valence-electron chi connectivity index (χ3n) is 4.82. The maximum absolute atomic E-state index is 13.8. The number of aromatic nitrogens is 1. The van der Waals surface area contributed by atoms with Gasteiger partial charge in [-0.15, -0.1) is 0 Å². The van der Waals surface area contributed by atoms with Gasteiger partial charge in [0, 0.05) is 28.5 Å². The lowest BCUT2D eigenvalue weighted by molar-refractivity contribution is 0.262. The van der Waals surface area contributed by atoms with Crippen molar-refractivity contribution in [1.29, 1.82) is 0 Å². The van der Waals surface area contributed by atoms with E-state index < -0.39 is 33.4 Å². The van der Waals surface area contributed by atoms with E-state index in [1.54, 1.807) is 18.2 Å². The predicted molar refractivity (Wildman–Crippen MR) is 113 cm³/mol. The molecule has 1 aromatic heterocycles. The molecule has 0 unspecified atom stereocenters. The number of nitrogens with zero attached hydrogens (tertiary/aromatic N) is 1. The van der Waals surface area contributed by atoms with Crippen LogP contribution in [0.15, 0.2) is 45.8 Å². The second-order valence-electron chi connectivity index (χ2n) is 6.81. The zero-order valence-corrected chi connectivity index (χ0v) is 17.9. The summed E-state index contributed by atoms with van der Waals surface area (Å²) in [5.74, 6) is -1.98. The largest absolute Gasteiger partial charge is 0.340 e. The Morgan fingerprint density at radius 1 is 1.07 bits per heavy atom. The zero-order chi connectivity index (χ0) is 21.5. The average molecular weight is 499 g/mol. The minimum Gasteiger partial charge on any atom is -0.340 e. The van der Waals surface area contributed by atoms with E-state index in [4.69, 9.17) is 0 Å². The first kappa shape index (κ1) is 20.8. The van der Waals surface area contributed by atoms with E-state index in [1.807, 2.05) is 0 Å². The molecule has 158 valence electrons. The van der Waals surface area contributed by atoms with Crippen LogP contribution in [0.4, 0.5) is 25.1 Å². The van der Waals surface area contributed by atoms with Gasteiger partial charge in [0.25, 0.3) is 0 Å². The fourth-order valence-corrected chi connectivity index (χ4v) is 5.59. The molecule has 0 bridgehead atoms. The quantitative estimate of drug-likeness (QED) is 0.489. The highest BCUT2D eigenvalue weighted by Crippen LogP contribution is 2.35. The molecule has 4 rings (SSSR count). The number of anilines is 2. The first-order valence-electron chi connectivity index (χ1n) is 9.11. The highest BCUT2D eigenvalue weighted by Gasteiger charge is 2.33. The molecule has 1 saturated heterocycles. The van der Waals surface area contributed by atoms with E-state index in [9.17, 15) is 22.0 Å². The number of rotatable bonds is 4. The summed E-state index contributed by atoms with van der Waals surface area (Å²) in [5, 5.41) is 4.88. The maximum atomic E-state index is 13.8. The Balaban J connectivity index is 1.74. The molecule has 11 heteroatoms. The molecule has 7 nitrogen and oxygen atoms in total. The van der Waals surface area contributed by atoms with Crippen LogP contribution < -0.4 is 10.6 Å². The van der Waals surface area contributed by atoms with Crippen molar-refractivity contribution in [2.45, 2.75) is 17.7 Å². The lowest BCUT2D eigenvalue weighted by Crippen LogP contribution is -2.29. The number of carbonyl (C=O) groups excluding carboxylic acids is 1. The van der Waals surface area contributed by atoms with Crippen LogP contribution in [0.3, 0.4) is 0 Å². The molecule has 1 aliphatic heterocycles. The third kappa shape index (κ3) is 3.80. The lowest BCUT2D eigenvalue weighted by Gasteiger charge is -2.17. The summed E-state index contributed by atoms with van der Waals surface area (Å²) in [7, 11) is -3.91. The van der Waals surface area contributed by atoms with Gasteiger partial charge in [-0.1, -0.05) is 22.0 Å². The molecule has 3 N–H and O–H groups in total. The molecule has 0 atom stereocenters. The van der Waals surface area contributed by atoms with Crippen molar-refractivity contribution in [3.63, 3.8) is 0 Å². The van der Waals surface area contributed by atoms with Gasteiger partial charge in [0.15, 0.2) is 0 Å². The fraction of sp³-hybridized carbons (Fsp3) is 0.211. The van der Waals surface area contributed by atoms with Crippen LogP contribution in [0.5, 0.6) is 0 Å². The Kier molecular flexibility index (Phi) is 5.51. The van der Waals surface area contributed by atoms with Crippen LogP contribution in [0.25, 0.3) is 10.9 Å². The van der Waals surface area contributed by atoms with E-state index >= 15 is 0 Å². The Morgan fingerprint density at radius 3 is 2.40 bits per heavy atom. The van der Waals surface area contributed by atoms with Crippen LogP contribution in [0.2, 0.25) is 0 Å². The van der Waals surface area contributed by atoms with Gasteiger partial charge >= 0.3 is 6.03 Å². The fourth-order valence-electron chi connectivity index (χ4n) is 3.43. The second kappa shape index (κ2) is 7.97. The van der Waals surface area contributed by atoms with Crippen molar-refractivity contribution in [3.05, 3.63) is 52.5 Å². The van der Waals surface area contributed by atoms with Gasteiger partial charge in [0.2, 0.25) is 10.0 Å². The second-order valence-corrected chi connectivity index (χ2v) is 9.60. The first-order valence-corrected chi connectivity index (χ1v) is 11.3. The number of aromatic amines is 1. The molecule has 1 fully saturated rings. The van der Waals surface area contributed by atoms with Gasteiger partial charge in [-0.2, -0.15) is 4.31 Å². The van der Waals surface area contributed by atoms with Gasteiger partial charge in [0.05, 0.1) is 0 Å². The minimum absolute atomic E-state index is 0.0794. The molecular weight excluding hydrogens is 482 g/mol. The summed E-state index contributed by atoms with van der Waals surface area (Å²) < 4.78 is 56.3. The summed E-state index contributed by atoms with van der Waals surface area (Å²) in [6.07, 6.45) is 1.50. The number of para-hydroxylation sites is 1. The summed E-state index contributed by atoms with van der Waals surface area (Å²) in [4.78, 5) is 15.2. The van der Waals surface area contributed by atoms with Gasteiger partial charge in [-0.25, -0.2) is 22.0 Å². The normalized spacial score (nSPS) is 14.9. The SMILES string of the molecule is O=C(Nc1[nH]c2ccc(Br)cc2c1S(=O)(=O)N1CCCC1)Nc1c(F)cccc1F. The number of H-pyrrole nitrogens is 1. The van der Waals surface area contributed by atoms with Crippen LogP contribution in [-0.4, -0.2) is 36.8 Å². The summed E-state index contributed by atoms with van der Waals surface area (Å²) in [5.41, 5.74) is -0.138. The van der Waals surface area contributed by atoms with Crippen molar-refractivity contribution in [1.82, 2.24) is 9.29 Å². The molecule has 0 radical (unpaired) electrons. The number of hydrogen-bond acceptors (Lipinski definition) is 3. The molecule has 0 saturated carbocycles. The maximum Gasteiger partial charge on any atom is 0.324 e. The van der Waals surface area contributed by atoms with E-state index in [0.29, 0.717) is 28.5 Å². The van der Waals surface area contributed by atoms with E-state index in [0.717, 1.165) is 25.0 Å². The van der Waals surface area contributed by atoms with Gasteiger partial charge < -0.3 is 10.3 Å². The molecule has 2 amide bonds. The topological polar surface area (TPSA) is 94.3 Å². The van der Waals surface area contributed by atoms with E-state index in [2.05, 4.69) is 31.5 Å². The Morgan fingerprint density at radius 2 is 1.73 bits per heavy atom. The number of carbonyl (C=O) groups is 1. The number of sulfonamides is 1. The van der Waals surface area contributed by atoms with Gasteiger partial charge in [-0.3, -0.25) is 5.32 Å². The zero-order valence-electron chi connectivity index (χ0n) is 15.5. The minimum atomic E-state index is -3.91. The molecule has 0 aliphatic carbocycles. The number of amides is 2. The number of fused-ring (bicyclic) bond motifs is 1. The Bertz CT molecular complexity index is 1220. The number of hydrogen-bond donors (Lipinski definition) is 3. The lowest BCUT2D eigenvalue weighted by atomic mass is 10.2. The molecule has 1 aliphatic rings. The number of urea groups is 1. The first-order chi connectivity index (χ1) is 14.3. The molecule has 2 aromatic carbocycles. The monoisotopic (exact) mass is 498 g/mol. The molecule has 0 spiro atoms. The average Bonchev–Trinajstić information content (AvgIpc) is 3.33. The molecular formula is C19H17BrF2N4O3S. The highest BCUT2D eigenvalue weighted by atomic mass is 79.9. The molecule has 2 heterocycles. The third-order valence-corrected chi connectivity index (χ3v) is 7.29. The summed E-state index contributed by atoms with van der Waals surface area (Å²) in [6.45, 7) is 0.768. The van der Waals surface area contributed by atoms with E-state index in [1.165, 1.54) is 10.4 Å². The van der Waals surface area contributed by atoms with Gasteiger partial charge in [-0.05, 0) is 43.2 Å². The number of nitrogens with one attached hydrogen (secondary N) is 3. The predicted octanol–water partition coefficient (Wildman–Crippen LogP) is 4.64. The Labute approximate surface area is 179 Å². The van der Waals surface area contributed by atoms with Crippen LogP contribution in [0, 0.1) is 11.6 Å². The van der Waals surface area contributed by atoms with Crippen LogP contribution >= 0.6 is 15.9 Å².